The topological polar surface area (TPSA) is 88.5 Å². The summed E-state index contributed by atoms with van der Waals surface area (Å²) < 4.78 is 5.28. The highest BCUT2D eigenvalue weighted by molar-refractivity contribution is 6.32. The van der Waals surface area contributed by atoms with E-state index in [4.69, 9.17) is 16.3 Å². The average Bonchev–Trinajstić information content (AvgIpc) is 2.61. The van der Waals surface area contributed by atoms with Gasteiger partial charge in [-0.3, -0.25) is 14.6 Å². The Morgan fingerprint density at radius 3 is 2.84 bits per heavy atom. The number of aliphatic carboxylic acids is 1. The van der Waals surface area contributed by atoms with Crippen LogP contribution < -0.4 is 5.32 Å². The summed E-state index contributed by atoms with van der Waals surface area (Å²) >= 11 is 6.09. The number of fused-ring (bicyclic) bond motifs is 1. The second kappa shape index (κ2) is 7.80. The van der Waals surface area contributed by atoms with Gasteiger partial charge in [-0.2, -0.15) is 0 Å². The van der Waals surface area contributed by atoms with Crippen LogP contribution in [0.2, 0.25) is 5.02 Å². The molecule has 132 valence electrons. The predicted octanol–water partition coefficient (Wildman–Crippen LogP) is 2.75. The van der Waals surface area contributed by atoms with Crippen molar-refractivity contribution < 1.29 is 19.4 Å². The fourth-order valence-corrected chi connectivity index (χ4v) is 3.43. The number of carbonyl (C=O) groups excluding carboxylic acids is 1. The van der Waals surface area contributed by atoms with Crippen molar-refractivity contribution in [3.05, 3.63) is 41.0 Å². The van der Waals surface area contributed by atoms with Crippen molar-refractivity contribution in [1.29, 1.82) is 0 Å². The van der Waals surface area contributed by atoms with E-state index in [9.17, 15) is 14.7 Å². The summed E-state index contributed by atoms with van der Waals surface area (Å²) in [5.74, 6) is -1.90. The van der Waals surface area contributed by atoms with Crippen LogP contribution in [-0.4, -0.2) is 41.7 Å². The van der Waals surface area contributed by atoms with Gasteiger partial charge in [0.2, 0.25) is 0 Å². The van der Waals surface area contributed by atoms with Crippen LogP contribution in [0, 0.1) is 11.8 Å². The van der Waals surface area contributed by atoms with Crippen LogP contribution in [0.25, 0.3) is 10.9 Å². The Morgan fingerprint density at radius 1 is 1.36 bits per heavy atom. The van der Waals surface area contributed by atoms with Gasteiger partial charge >= 0.3 is 5.97 Å². The molecule has 2 heterocycles. The molecule has 1 aliphatic rings. The number of nitrogens with one attached hydrogen (secondary N) is 1. The lowest BCUT2D eigenvalue weighted by molar-refractivity contribution is -0.144. The van der Waals surface area contributed by atoms with Gasteiger partial charge in [0.05, 0.1) is 17.0 Å². The molecular formula is C18H19ClN2O4. The van der Waals surface area contributed by atoms with Crippen LogP contribution in [0.3, 0.4) is 0 Å². The number of carbonyl (C=O) groups is 2. The third kappa shape index (κ3) is 4.08. The van der Waals surface area contributed by atoms with Gasteiger partial charge in [-0.1, -0.05) is 17.7 Å². The van der Waals surface area contributed by atoms with E-state index >= 15 is 0 Å². The normalized spacial score (nSPS) is 16.5. The summed E-state index contributed by atoms with van der Waals surface area (Å²) in [4.78, 5) is 28.4. The number of aromatic nitrogens is 1. The Labute approximate surface area is 150 Å². The van der Waals surface area contributed by atoms with Gasteiger partial charge in [-0.05, 0) is 37.0 Å². The number of halogens is 1. The second-order valence-electron chi connectivity index (χ2n) is 6.13. The fourth-order valence-electron chi connectivity index (χ4n) is 3.20. The quantitative estimate of drug-likeness (QED) is 0.853. The number of benzene rings is 1. The van der Waals surface area contributed by atoms with Crippen molar-refractivity contribution in [2.45, 2.75) is 12.8 Å². The summed E-state index contributed by atoms with van der Waals surface area (Å²) in [7, 11) is 0. The molecule has 2 N–H and O–H groups in total. The largest absolute Gasteiger partial charge is 0.481 e. The molecule has 1 aromatic carbocycles. The van der Waals surface area contributed by atoms with Gasteiger partial charge in [0.25, 0.3) is 5.91 Å². The first-order valence-electron chi connectivity index (χ1n) is 8.19. The third-order valence-electron chi connectivity index (χ3n) is 4.55. The maximum absolute atomic E-state index is 12.6. The molecule has 1 fully saturated rings. The van der Waals surface area contributed by atoms with Crippen molar-refractivity contribution in [3.8, 4) is 0 Å². The van der Waals surface area contributed by atoms with E-state index in [0.29, 0.717) is 42.2 Å². The number of rotatable bonds is 5. The minimum absolute atomic E-state index is 0.000723. The number of hydrogen-bond acceptors (Lipinski definition) is 4. The maximum atomic E-state index is 12.6. The molecule has 1 aliphatic heterocycles. The molecule has 0 bridgehead atoms. The lowest BCUT2D eigenvalue weighted by atomic mass is 9.86. The first kappa shape index (κ1) is 17.6. The molecule has 1 saturated heterocycles. The van der Waals surface area contributed by atoms with Crippen LogP contribution in [0.4, 0.5) is 0 Å². The van der Waals surface area contributed by atoms with E-state index in [1.54, 1.807) is 24.4 Å². The number of hydrogen-bond donors (Lipinski definition) is 2. The number of pyridine rings is 1. The smallest absolute Gasteiger partial charge is 0.308 e. The molecule has 25 heavy (non-hydrogen) atoms. The lowest BCUT2D eigenvalue weighted by Crippen LogP contribution is -2.39. The fraction of sp³-hybridized carbons (Fsp3) is 0.389. The Bertz CT molecular complexity index is 790. The molecule has 0 radical (unpaired) electrons. The summed E-state index contributed by atoms with van der Waals surface area (Å²) in [5.41, 5.74) is 0.890. The van der Waals surface area contributed by atoms with E-state index < -0.39 is 11.9 Å². The van der Waals surface area contributed by atoms with Crippen molar-refractivity contribution in [2.75, 3.05) is 19.8 Å². The van der Waals surface area contributed by atoms with Crippen LogP contribution in [0.1, 0.15) is 23.2 Å². The molecule has 6 nitrogen and oxygen atoms in total. The molecule has 2 aromatic rings. The predicted molar refractivity (Wildman–Crippen MR) is 93.8 cm³/mol. The molecule has 1 unspecified atom stereocenters. The molecule has 7 heteroatoms. The van der Waals surface area contributed by atoms with Crippen LogP contribution in [0.15, 0.2) is 30.5 Å². The Balaban J connectivity index is 1.76. The van der Waals surface area contributed by atoms with Crippen LogP contribution in [-0.2, 0) is 9.53 Å². The zero-order valence-electron chi connectivity index (χ0n) is 13.6. The highest BCUT2D eigenvalue weighted by Crippen LogP contribution is 2.25. The number of carboxylic acids is 1. The number of amides is 1. The molecule has 1 aromatic heterocycles. The van der Waals surface area contributed by atoms with E-state index in [2.05, 4.69) is 10.3 Å². The molecule has 3 rings (SSSR count). The SMILES string of the molecule is O=C(NCC(C(=O)O)C1CCOCC1)c1cc(Cl)cc2cccnc12. The van der Waals surface area contributed by atoms with Crippen molar-refractivity contribution in [1.82, 2.24) is 10.3 Å². The summed E-state index contributed by atoms with van der Waals surface area (Å²) in [6.45, 7) is 1.19. The van der Waals surface area contributed by atoms with E-state index in [0.717, 1.165) is 5.39 Å². The molecule has 1 atom stereocenters. The molecule has 1 amide bonds. The van der Waals surface area contributed by atoms with E-state index in [1.165, 1.54) is 0 Å². The lowest BCUT2D eigenvalue weighted by Gasteiger charge is -2.27. The van der Waals surface area contributed by atoms with Gasteiger partial charge in [-0.15, -0.1) is 0 Å². The summed E-state index contributed by atoms with van der Waals surface area (Å²) in [6, 6.07) is 6.89. The highest BCUT2D eigenvalue weighted by Gasteiger charge is 2.30. The maximum Gasteiger partial charge on any atom is 0.308 e. The Morgan fingerprint density at radius 2 is 2.12 bits per heavy atom. The third-order valence-corrected chi connectivity index (χ3v) is 4.77. The molecule has 0 spiro atoms. The van der Waals surface area contributed by atoms with Crippen molar-refractivity contribution >= 4 is 34.4 Å². The first-order chi connectivity index (χ1) is 12.1. The van der Waals surface area contributed by atoms with Crippen LogP contribution in [0.5, 0.6) is 0 Å². The van der Waals surface area contributed by atoms with Crippen molar-refractivity contribution in [2.24, 2.45) is 11.8 Å². The van der Waals surface area contributed by atoms with Crippen LogP contribution >= 0.6 is 11.6 Å². The Hall–Kier alpha value is -2.18. The molecule has 0 saturated carbocycles. The first-order valence-corrected chi connectivity index (χ1v) is 8.57. The standard InChI is InChI=1S/C18H19ClN2O4/c19-13-8-12-2-1-5-20-16(12)14(9-13)17(22)21-10-15(18(23)24)11-3-6-25-7-4-11/h1-2,5,8-9,11,15H,3-4,6-7,10H2,(H,21,22)(H,23,24). The summed E-state index contributed by atoms with van der Waals surface area (Å²) in [5, 5.41) is 13.4. The zero-order chi connectivity index (χ0) is 17.8. The van der Waals surface area contributed by atoms with Gasteiger partial charge in [0.1, 0.15) is 0 Å². The van der Waals surface area contributed by atoms with Gasteiger partial charge in [0.15, 0.2) is 0 Å². The molecular weight excluding hydrogens is 344 g/mol. The Kier molecular flexibility index (Phi) is 5.50. The highest BCUT2D eigenvalue weighted by atomic mass is 35.5. The van der Waals surface area contributed by atoms with Gasteiger partial charge in [-0.25, -0.2) is 0 Å². The number of nitrogens with zero attached hydrogens (tertiary/aromatic N) is 1. The van der Waals surface area contributed by atoms with Gasteiger partial charge in [0, 0.05) is 36.4 Å². The molecule has 0 aliphatic carbocycles. The minimum Gasteiger partial charge on any atom is -0.481 e. The second-order valence-corrected chi connectivity index (χ2v) is 6.57. The van der Waals surface area contributed by atoms with Crippen molar-refractivity contribution in [3.63, 3.8) is 0 Å². The number of ether oxygens (including phenoxy) is 1. The zero-order valence-corrected chi connectivity index (χ0v) is 14.3. The number of carboxylic acid groups (broad SMARTS) is 1. The monoisotopic (exact) mass is 362 g/mol. The average molecular weight is 363 g/mol. The van der Waals surface area contributed by atoms with E-state index in [1.807, 2.05) is 6.07 Å². The van der Waals surface area contributed by atoms with E-state index in [-0.39, 0.29) is 18.4 Å². The minimum atomic E-state index is -0.902. The van der Waals surface area contributed by atoms with Gasteiger partial charge < -0.3 is 15.2 Å². The summed E-state index contributed by atoms with van der Waals surface area (Å²) in [6.07, 6.45) is 2.98.